The summed E-state index contributed by atoms with van der Waals surface area (Å²) in [7, 11) is 0. The van der Waals surface area contributed by atoms with Gasteiger partial charge in [-0.05, 0) is 74.9 Å². The predicted molar refractivity (Wildman–Crippen MR) is 128 cm³/mol. The average molecular weight is 420 g/mol. The van der Waals surface area contributed by atoms with E-state index in [9.17, 15) is 4.79 Å². The molecule has 0 aromatic heterocycles. The number of rotatable bonds is 6. The van der Waals surface area contributed by atoms with Crippen molar-refractivity contribution in [2.75, 3.05) is 31.1 Å². The standard InChI is InChI=1S/C27H37N3O/c1-21-7-6-16-30(19-21)26-12-10-24(11-13-26)22(2)28-27(31)25-14-17-29(18-15-25)20-23-8-4-3-5-9-23/h3-5,8-13,21-22,25H,6-7,14-20H2,1-2H3,(H,28,31)/t21-,22+/m0/s1. The number of nitrogens with one attached hydrogen (secondary N) is 1. The molecule has 2 atom stereocenters. The monoisotopic (exact) mass is 419 g/mol. The minimum atomic E-state index is 0.0455. The molecule has 1 amide bonds. The molecular weight excluding hydrogens is 382 g/mol. The van der Waals surface area contributed by atoms with Crippen LogP contribution in [0, 0.1) is 11.8 Å². The first-order chi connectivity index (χ1) is 15.1. The molecule has 0 aliphatic carbocycles. The largest absolute Gasteiger partial charge is 0.371 e. The fraction of sp³-hybridized carbons (Fsp3) is 0.519. The smallest absolute Gasteiger partial charge is 0.223 e. The van der Waals surface area contributed by atoms with Gasteiger partial charge in [0.05, 0.1) is 6.04 Å². The van der Waals surface area contributed by atoms with Gasteiger partial charge < -0.3 is 10.2 Å². The van der Waals surface area contributed by atoms with Crippen molar-refractivity contribution >= 4 is 11.6 Å². The van der Waals surface area contributed by atoms with Crippen LogP contribution < -0.4 is 10.2 Å². The molecule has 2 aliphatic rings. The lowest BCUT2D eigenvalue weighted by Gasteiger charge is -2.33. The molecule has 0 bridgehead atoms. The molecule has 2 aromatic rings. The number of anilines is 1. The van der Waals surface area contributed by atoms with Crippen LogP contribution >= 0.6 is 0 Å². The molecule has 1 N–H and O–H groups in total. The van der Waals surface area contributed by atoms with Gasteiger partial charge in [-0.15, -0.1) is 0 Å². The van der Waals surface area contributed by atoms with Gasteiger partial charge >= 0.3 is 0 Å². The molecule has 4 nitrogen and oxygen atoms in total. The zero-order valence-corrected chi connectivity index (χ0v) is 19.1. The Kier molecular flexibility index (Phi) is 7.29. The van der Waals surface area contributed by atoms with Gasteiger partial charge in [-0.3, -0.25) is 9.69 Å². The Hall–Kier alpha value is -2.33. The summed E-state index contributed by atoms with van der Waals surface area (Å²) in [6.45, 7) is 9.70. The zero-order valence-electron chi connectivity index (χ0n) is 19.1. The lowest BCUT2D eigenvalue weighted by Crippen LogP contribution is -2.40. The highest BCUT2D eigenvalue weighted by molar-refractivity contribution is 5.79. The molecule has 2 aromatic carbocycles. The number of likely N-dealkylation sites (tertiary alicyclic amines) is 1. The molecular formula is C27H37N3O. The molecule has 4 heteroatoms. The molecule has 0 spiro atoms. The van der Waals surface area contributed by atoms with Crippen LogP contribution in [0.4, 0.5) is 5.69 Å². The van der Waals surface area contributed by atoms with E-state index in [4.69, 9.17) is 0 Å². The van der Waals surface area contributed by atoms with E-state index in [0.717, 1.165) is 51.5 Å². The van der Waals surface area contributed by atoms with Crippen LogP contribution in [0.15, 0.2) is 54.6 Å². The van der Waals surface area contributed by atoms with Gasteiger partial charge in [0.2, 0.25) is 5.91 Å². The van der Waals surface area contributed by atoms with Crippen molar-refractivity contribution in [3.8, 4) is 0 Å². The van der Waals surface area contributed by atoms with E-state index in [-0.39, 0.29) is 17.9 Å². The van der Waals surface area contributed by atoms with E-state index >= 15 is 0 Å². The molecule has 0 radical (unpaired) electrons. The normalized spacial score (nSPS) is 21.6. The van der Waals surface area contributed by atoms with Gasteiger partial charge in [-0.1, -0.05) is 49.4 Å². The molecule has 2 heterocycles. The number of nitrogens with zero attached hydrogens (tertiary/aromatic N) is 2. The van der Waals surface area contributed by atoms with Crippen LogP contribution in [0.3, 0.4) is 0 Å². The third kappa shape index (κ3) is 5.88. The fourth-order valence-corrected chi connectivity index (χ4v) is 5.01. The lowest BCUT2D eigenvalue weighted by atomic mass is 9.94. The van der Waals surface area contributed by atoms with Gasteiger partial charge in [0.1, 0.15) is 0 Å². The SMILES string of the molecule is C[C@H]1CCCN(c2ccc([C@@H](C)NC(=O)C3CCN(Cc4ccccc4)CC3)cc2)C1. The van der Waals surface area contributed by atoms with Crippen molar-refractivity contribution < 1.29 is 4.79 Å². The summed E-state index contributed by atoms with van der Waals surface area (Å²) in [4.78, 5) is 17.8. The van der Waals surface area contributed by atoms with Crippen LogP contribution in [0.1, 0.15) is 56.7 Å². The topological polar surface area (TPSA) is 35.6 Å². The third-order valence-electron chi connectivity index (χ3n) is 6.98. The van der Waals surface area contributed by atoms with Crippen LogP contribution in [0.2, 0.25) is 0 Å². The van der Waals surface area contributed by atoms with Crippen LogP contribution in [-0.4, -0.2) is 37.0 Å². The highest BCUT2D eigenvalue weighted by Gasteiger charge is 2.26. The first kappa shape index (κ1) is 21.9. The maximum atomic E-state index is 12.9. The molecule has 4 rings (SSSR count). The van der Waals surface area contributed by atoms with Crippen molar-refractivity contribution in [2.45, 2.75) is 52.1 Å². The van der Waals surface area contributed by atoms with E-state index in [1.165, 1.54) is 29.7 Å². The Morgan fingerprint density at radius 1 is 1.00 bits per heavy atom. The maximum absolute atomic E-state index is 12.9. The van der Waals surface area contributed by atoms with Gasteiger partial charge in [0.15, 0.2) is 0 Å². The zero-order chi connectivity index (χ0) is 21.6. The second-order valence-corrected chi connectivity index (χ2v) is 9.55. The van der Waals surface area contributed by atoms with E-state index in [2.05, 4.69) is 83.6 Å². The highest BCUT2D eigenvalue weighted by Crippen LogP contribution is 2.25. The van der Waals surface area contributed by atoms with E-state index in [0.29, 0.717) is 0 Å². The minimum absolute atomic E-state index is 0.0455. The summed E-state index contributed by atoms with van der Waals surface area (Å²) >= 11 is 0. The van der Waals surface area contributed by atoms with E-state index < -0.39 is 0 Å². The Morgan fingerprint density at radius 3 is 2.39 bits per heavy atom. The maximum Gasteiger partial charge on any atom is 0.223 e. The van der Waals surface area contributed by atoms with Crippen molar-refractivity contribution in [2.24, 2.45) is 11.8 Å². The number of carbonyl (C=O) groups excluding carboxylic acids is 1. The Labute approximate surface area is 187 Å². The summed E-state index contributed by atoms with van der Waals surface area (Å²) in [5.74, 6) is 1.11. The summed E-state index contributed by atoms with van der Waals surface area (Å²) in [5, 5.41) is 3.27. The molecule has 2 saturated heterocycles. The highest BCUT2D eigenvalue weighted by atomic mass is 16.1. The average Bonchev–Trinajstić information content (AvgIpc) is 2.80. The van der Waals surface area contributed by atoms with Crippen LogP contribution in [0.25, 0.3) is 0 Å². The Morgan fingerprint density at radius 2 is 1.71 bits per heavy atom. The summed E-state index contributed by atoms with van der Waals surface area (Å²) in [6, 6.07) is 19.5. The number of hydrogen-bond acceptors (Lipinski definition) is 3. The van der Waals surface area contributed by atoms with Gasteiger partial charge in [-0.2, -0.15) is 0 Å². The fourth-order valence-electron chi connectivity index (χ4n) is 5.01. The second-order valence-electron chi connectivity index (χ2n) is 9.55. The minimum Gasteiger partial charge on any atom is -0.371 e. The number of amides is 1. The summed E-state index contributed by atoms with van der Waals surface area (Å²) in [5.41, 5.74) is 3.84. The van der Waals surface area contributed by atoms with Crippen molar-refractivity contribution in [3.63, 3.8) is 0 Å². The first-order valence-electron chi connectivity index (χ1n) is 12.0. The molecule has 31 heavy (non-hydrogen) atoms. The quantitative estimate of drug-likeness (QED) is 0.715. The second kappa shape index (κ2) is 10.3. The van der Waals surface area contributed by atoms with E-state index in [1.807, 2.05) is 0 Å². The van der Waals surface area contributed by atoms with Crippen LogP contribution in [0.5, 0.6) is 0 Å². The number of benzene rings is 2. The lowest BCUT2D eigenvalue weighted by molar-refractivity contribution is -0.127. The first-order valence-corrected chi connectivity index (χ1v) is 12.0. The molecule has 2 fully saturated rings. The molecule has 2 aliphatic heterocycles. The predicted octanol–water partition coefficient (Wildman–Crippen LogP) is 5.01. The number of hydrogen-bond donors (Lipinski definition) is 1. The van der Waals surface area contributed by atoms with Gasteiger partial charge in [0, 0.05) is 31.2 Å². The van der Waals surface area contributed by atoms with Crippen molar-refractivity contribution in [1.82, 2.24) is 10.2 Å². The summed E-state index contributed by atoms with van der Waals surface area (Å²) < 4.78 is 0. The summed E-state index contributed by atoms with van der Waals surface area (Å²) in [6.07, 6.45) is 4.50. The van der Waals surface area contributed by atoms with Crippen LogP contribution in [-0.2, 0) is 11.3 Å². The van der Waals surface area contributed by atoms with Crippen molar-refractivity contribution in [1.29, 1.82) is 0 Å². The Balaban J connectivity index is 1.25. The van der Waals surface area contributed by atoms with Gasteiger partial charge in [-0.25, -0.2) is 0 Å². The van der Waals surface area contributed by atoms with Crippen molar-refractivity contribution in [3.05, 3.63) is 65.7 Å². The molecule has 0 saturated carbocycles. The Bertz CT molecular complexity index is 827. The van der Waals surface area contributed by atoms with Gasteiger partial charge in [0.25, 0.3) is 0 Å². The van der Waals surface area contributed by atoms with E-state index in [1.54, 1.807) is 0 Å². The molecule has 166 valence electrons. The number of carbonyl (C=O) groups is 1. The molecule has 0 unspecified atom stereocenters. The number of piperidine rings is 2. The third-order valence-corrected chi connectivity index (χ3v) is 6.98.